The van der Waals surface area contributed by atoms with Crippen molar-refractivity contribution < 1.29 is 13.7 Å². The van der Waals surface area contributed by atoms with Gasteiger partial charge < -0.3 is 4.74 Å². The van der Waals surface area contributed by atoms with Crippen LogP contribution in [0.2, 0.25) is 5.02 Å². The molecule has 1 aromatic rings. The second-order valence-electron chi connectivity index (χ2n) is 5.22. The molecular formula is C14H19ClO3S. The highest BCUT2D eigenvalue weighted by Crippen LogP contribution is 2.17. The Labute approximate surface area is 121 Å². The third-order valence-corrected chi connectivity index (χ3v) is 3.89. The number of esters is 1. The lowest BCUT2D eigenvalue weighted by atomic mass is 10.2. The third kappa shape index (κ3) is 6.73. The lowest BCUT2D eigenvalue weighted by molar-refractivity contribution is -0.154. The van der Waals surface area contributed by atoms with Gasteiger partial charge >= 0.3 is 5.97 Å². The molecule has 1 rings (SSSR count). The molecule has 5 heteroatoms. The molecule has 19 heavy (non-hydrogen) atoms. The summed E-state index contributed by atoms with van der Waals surface area (Å²) < 4.78 is 17.0. The van der Waals surface area contributed by atoms with Crippen molar-refractivity contribution in [2.24, 2.45) is 0 Å². The summed E-state index contributed by atoms with van der Waals surface area (Å²) in [7, 11) is -1.12. The van der Waals surface area contributed by atoms with Crippen LogP contribution in [0.5, 0.6) is 0 Å². The van der Waals surface area contributed by atoms with Crippen molar-refractivity contribution in [2.45, 2.75) is 38.5 Å². The maximum absolute atomic E-state index is 11.9. The van der Waals surface area contributed by atoms with Crippen LogP contribution in [0.25, 0.3) is 0 Å². The Bertz CT molecular complexity index is 466. The number of carbonyl (C=O) groups is 1. The Hall–Kier alpha value is -0.870. The highest BCUT2D eigenvalue weighted by atomic mass is 35.5. The van der Waals surface area contributed by atoms with Gasteiger partial charge in [0.1, 0.15) is 5.60 Å². The van der Waals surface area contributed by atoms with Crippen molar-refractivity contribution in [3.63, 3.8) is 0 Å². The average Bonchev–Trinajstić information content (AvgIpc) is 2.27. The molecule has 0 radical (unpaired) electrons. The molecule has 0 saturated heterocycles. The van der Waals surface area contributed by atoms with E-state index < -0.39 is 16.4 Å². The Morgan fingerprint density at radius 2 is 1.95 bits per heavy atom. The van der Waals surface area contributed by atoms with Gasteiger partial charge in [0.2, 0.25) is 0 Å². The minimum atomic E-state index is -1.12. The second kappa shape index (κ2) is 7.06. The minimum Gasteiger partial charge on any atom is -0.460 e. The second-order valence-corrected chi connectivity index (χ2v) is 7.20. The predicted molar refractivity (Wildman–Crippen MR) is 78.6 cm³/mol. The van der Waals surface area contributed by atoms with Crippen LogP contribution in [0.3, 0.4) is 0 Å². The fourth-order valence-corrected chi connectivity index (χ4v) is 2.87. The highest BCUT2D eigenvalue weighted by Gasteiger charge is 2.17. The molecule has 106 valence electrons. The fraction of sp³-hybridized carbons (Fsp3) is 0.500. The monoisotopic (exact) mass is 302 g/mol. The van der Waals surface area contributed by atoms with Gasteiger partial charge in [-0.3, -0.25) is 9.00 Å². The molecule has 0 N–H and O–H groups in total. The van der Waals surface area contributed by atoms with Gasteiger partial charge in [0, 0.05) is 21.6 Å². The van der Waals surface area contributed by atoms with Crippen LogP contribution in [0.1, 0.15) is 32.8 Å². The van der Waals surface area contributed by atoms with E-state index in [9.17, 15) is 9.00 Å². The summed E-state index contributed by atoms with van der Waals surface area (Å²) in [6, 6.07) is 7.29. The molecule has 0 heterocycles. The van der Waals surface area contributed by atoms with E-state index in [1.165, 1.54) is 0 Å². The Kier molecular flexibility index (Phi) is 6.01. The van der Waals surface area contributed by atoms with Crippen LogP contribution in [0.15, 0.2) is 24.3 Å². The Morgan fingerprint density at radius 3 is 2.53 bits per heavy atom. The number of rotatable bonds is 5. The summed E-state index contributed by atoms with van der Waals surface area (Å²) in [6.45, 7) is 5.43. The van der Waals surface area contributed by atoms with Crippen LogP contribution in [0.4, 0.5) is 0 Å². The largest absolute Gasteiger partial charge is 0.460 e. The van der Waals surface area contributed by atoms with E-state index in [1.807, 2.05) is 39.0 Å². The van der Waals surface area contributed by atoms with Gasteiger partial charge in [-0.1, -0.05) is 29.8 Å². The molecule has 3 nitrogen and oxygen atoms in total. The van der Waals surface area contributed by atoms with Crippen molar-refractivity contribution >= 4 is 28.4 Å². The van der Waals surface area contributed by atoms with E-state index >= 15 is 0 Å². The summed E-state index contributed by atoms with van der Waals surface area (Å²) in [4.78, 5) is 11.5. The zero-order valence-corrected chi connectivity index (χ0v) is 13.0. The summed E-state index contributed by atoms with van der Waals surface area (Å²) in [5, 5.41) is 0.605. The van der Waals surface area contributed by atoms with Crippen molar-refractivity contribution in [1.82, 2.24) is 0 Å². The van der Waals surface area contributed by atoms with E-state index in [2.05, 4.69) is 0 Å². The number of carbonyl (C=O) groups excluding carboxylic acids is 1. The van der Waals surface area contributed by atoms with Gasteiger partial charge in [-0.2, -0.15) is 0 Å². The molecule has 0 aromatic heterocycles. The van der Waals surface area contributed by atoms with Crippen molar-refractivity contribution in [3.05, 3.63) is 34.9 Å². The number of hydrogen-bond acceptors (Lipinski definition) is 3. The van der Waals surface area contributed by atoms with E-state index in [4.69, 9.17) is 16.3 Å². The first-order chi connectivity index (χ1) is 8.78. The number of halogens is 1. The Balaban J connectivity index is 2.41. The number of benzene rings is 1. The predicted octanol–water partition coefficient (Wildman–Crippen LogP) is 3.32. The average molecular weight is 303 g/mol. The topological polar surface area (TPSA) is 43.4 Å². The van der Waals surface area contributed by atoms with Crippen molar-refractivity contribution in [3.8, 4) is 0 Å². The molecule has 0 bridgehead atoms. The molecule has 0 amide bonds. The molecule has 0 spiro atoms. The number of hydrogen-bond donors (Lipinski definition) is 0. The zero-order valence-electron chi connectivity index (χ0n) is 11.4. The first kappa shape index (κ1) is 16.2. The molecule has 1 aromatic carbocycles. The van der Waals surface area contributed by atoms with Crippen LogP contribution < -0.4 is 0 Å². The van der Waals surface area contributed by atoms with Gasteiger partial charge in [-0.25, -0.2) is 0 Å². The first-order valence-corrected chi connectivity index (χ1v) is 7.95. The van der Waals surface area contributed by atoms with Crippen LogP contribution in [0, 0.1) is 0 Å². The third-order valence-electron chi connectivity index (χ3n) is 2.23. The molecule has 0 aliphatic heterocycles. The normalized spacial score (nSPS) is 13.1. The fourth-order valence-electron chi connectivity index (χ4n) is 1.45. The van der Waals surface area contributed by atoms with E-state index in [0.717, 1.165) is 5.56 Å². The maximum Gasteiger partial charge on any atom is 0.307 e. The van der Waals surface area contributed by atoms with Crippen LogP contribution in [-0.2, 0) is 26.1 Å². The van der Waals surface area contributed by atoms with Crippen molar-refractivity contribution in [1.29, 1.82) is 0 Å². The lowest BCUT2D eigenvalue weighted by Gasteiger charge is -2.19. The summed E-state index contributed by atoms with van der Waals surface area (Å²) in [5.74, 6) is 0.336. The summed E-state index contributed by atoms with van der Waals surface area (Å²) in [6.07, 6.45) is 0.161. The van der Waals surface area contributed by atoms with Crippen LogP contribution in [-0.4, -0.2) is 21.5 Å². The van der Waals surface area contributed by atoms with Gasteiger partial charge in [0.05, 0.1) is 12.2 Å². The van der Waals surface area contributed by atoms with Gasteiger partial charge in [-0.15, -0.1) is 0 Å². The van der Waals surface area contributed by atoms with Crippen LogP contribution >= 0.6 is 11.6 Å². The minimum absolute atomic E-state index is 0.161. The smallest absolute Gasteiger partial charge is 0.307 e. The van der Waals surface area contributed by atoms with E-state index in [-0.39, 0.29) is 12.4 Å². The highest BCUT2D eigenvalue weighted by molar-refractivity contribution is 7.84. The lowest BCUT2D eigenvalue weighted by Crippen LogP contribution is -2.24. The first-order valence-electron chi connectivity index (χ1n) is 6.08. The molecule has 0 fully saturated rings. The summed E-state index contributed by atoms with van der Waals surface area (Å²) >= 11 is 5.99. The van der Waals surface area contributed by atoms with Crippen molar-refractivity contribution in [2.75, 3.05) is 5.75 Å². The van der Waals surface area contributed by atoms with E-state index in [1.54, 1.807) is 6.07 Å². The Morgan fingerprint density at radius 1 is 1.32 bits per heavy atom. The molecule has 0 aliphatic carbocycles. The quantitative estimate of drug-likeness (QED) is 0.784. The zero-order chi connectivity index (χ0) is 14.5. The number of ether oxygens (including phenoxy) is 1. The van der Waals surface area contributed by atoms with Gasteiger partial charge in [0.25, 0.3) is 0 Å². The van der Waals surface area contributed by atoms with Gasteiger partial charge in [0.15, 0.2) is 0 Å². The summed E-state index contributed by atoms with van der Waals surface area (Å²) in [5.41, 5.74) is 0.341. The molecule has 0 saturated carbocycles. The van der Waals surface area contributed by atoms with E-state index in [0.29, 0.717) is 16.5 Å². The molecule has 1 unspecified atom stereocenters. The molecule has 0 aliphatic rings. The molecular weight excluding hydrogens is 284 g/mol. The molecule has 1 atom stereocenters. The van der Waals surface area contributed by atoms with Gasteiger partial charge in [-0.05, 0) is 32.4 Å². The maximum atomic E-state index is 11.9. The standard InChI is InChI=1S/C14H19ClO3S/c1-14(2,3)18-13(16)8-9-19(17)10-11-6-4-5-7-12(11)15/h4-7H,8-10H2,1-3H3. The SMILES string of the molecule is CC(C)(C)OC(=O)CCS(=O)Cc1ccccc1Cl.